The number of nitrogens with one attached hydrogen (secondary N) is 2. The van der Waals surface area contributed by atoms with E-state index in [-0.39, 0.29) is 22.2 Å². The standard InChI is InChI=1S/C16H12F3N3O2S2/c1-8-6-9-13(24)21-15(22-14(9)26-8)25-7-12(23)20-11-5-3-2-4-10(11)16(17,18)19/h2-6H,7H2,1H3,(H,20,23)(H,21,22,24). The first-order valence-electron chi connectivity index (χ1n) is 7.33. The fourth-order valence-electron chi connectivity index (χ4n) is 2.26. The lowest BCUT2D eigenvalue weighted by molar-refractivity contribution is -0.137. The molecular weight excluding hydrogens is 387 g/mol. The first-order valence-corrected chi connectivity index (χ1v) is 9.13. The summed E-state index contributed by atoms with van der Waals surface area (Å²) in [5, 5.41) is 2.96. The molecule has 1 amide bonds. The highest BCUT2D eigenvalue weighted by Gasteiger charge is 2.33. The minimum absolute atomic E-state index is 0.189. The third-order valence-corrected chi connectivity index (χ3v) is 5.17. The molecule has 0 radical (unpaired) electrons. The zero-order chi connectivity index (χ0) is 18.9. The number of carbonyl (C=O) groups is 1. The van der Waals surface area contributed by atoms with Gasteiger partial charge in [-0.2, -0.15) is 13.2 Å². The van der Waals surface area contributed by atoms with E-state index in [1.165, 1.54) is 29.5 Å². The molecule has 2 N–H and O–H groups in total. The van der Waals surface area contributed by atoms with E-state index in [0.717, 1.165) is 22.7 Å². The predicted octanol–water partition coefficient (Wildman–Crippen LogP) is 4.04. The van der Waals surface area contributed by atoms with Gasteiger partial charge in [-0.25, -0.2) is 4.98 Å². The summed E-state index contributed by atoms with van der Waals surface area (Å²) >= 11 is 2.30. The van der Waals surface area contributed by atoms with Crippen LogP contribution in [0.15, 0.2) is 40.3 Å². The Balaban J connectivity index is 1.71. The number of benzene rings is 1. The van der Waals surface area contributed by atoms with Gasteiger partial charge in [0.25, 0.3) is 5.56 Å². The molecule has 1 aromatic carbocycles. The summed E-state index contributed by atoms with van der Waals surface area (Å²) in [5.41, 5.74) is -1.54. The average molecular weight is 399 g/mol. The Labute approximate surface area is 153 Å². The monoisotopic (exact) mass is 399 g/mol. The molecule has 3 rings (SSSR count). The normalized spacial score (nSPS) is 11.7. The van der Waals surface area contributed by atoms with Crippen molar-refractivity contribution in [3.05, 3.63) is 51.1 Å². The number of H-pyrrole nitrogens is 1. The van der Waals surface area contributed by atoms with Crippen molar-refractivity contribution in [1.29, 1.82) is 0 Å². The molecule has 0 saturated carbocycles. The van der Waals surface area contributed by atoms with Gasteiger partial charge in [-0.3, -0.25) is 9.59 Å². The maximum Gasteiger partial charge on any atom is 0.418 e. The molecule has 0 atom stereocenters. The predicted molar refractivity (Wildman–Crippen MR) is 95.8 cm³/mol. The summed E-state index contributed by atoms with van der Waals surface area (Å²) in [6.07, 6.45) is -4.56. The first-order chi connectivity index (χ1) is 12.2. The quantitative estimate of drug-likeness (QED) is 0.513. The van der Waals surface area contributed by atoms with Gasteiger partial charge in [-0.1, -0.05) is 23.9 Å². The Morgan fingerprint density at radius 1 is 1.35 bits per heavy atom. The van der Waals surface area contributed by atoms with Crippen molar-refractivity contribution in [1.82, 2.24) is 9.97 Å². The minimum atomic E-state index is -4.56. The van der Waals surface area contributed by atoms with Crippen molar-refractivity contribution < 1.29 is 18.0 Å². The van der Waals surface area contributed by atoms with Gasteiger partial charge in [0.15, 0.2) is 5.16 Å². The number of aromatic amines is 1. The number of aromatic nitrogens is 2. The molecule has 0 saturated heterocycles. The first kappa shape index (κ1) is 18.5. The topological polar surface area (TPSA) is 74.8 Å². The van der Waals surface area contributed by atoms with E-state index in [4.69, 9.17) is 0 Å². The van der Waals surface area contributed by atoms with Crippen LogP contribution in [-0.4, -0.2) is 21.6 Å². The Bertz CT molecular complexity index is 1030. The number of carbonyl (C=O) groups excluding carboxylic acids is 1. The Morgan fingerprint density at radius 2 is 2.08 bits per heavy atom. The number of rotatable bonds is 4. The van der Waals surface area contributed by atoms with Crippen molar-refractivity contribution in [3.8, 4) is 0 Å². The lowest BCUT2D eigenvalue weighted by atomic mass is 10.1. The third kappa shape index (κ3) is 4.07. The van der Waals surface area contributed by atoms with Crippen LogP contribution in [-0.2, 0) is 11.0 Å². The van der Waals surface area contributed by atoms with Crippen molar-refractivity contribution in [2.45, 2.75) is 18.3 Å². The molecule has 136 valence electrons. The van der Waals surface area contributed by atoms with E-state index in [1.54, 1.807) is 6.07 Å². The number of hydrogen-bond acceptors (Lipinski definition) is 5. The van der Waals surface area contributed by atoms with Gasteiger partial charge in [0.1, 0.15) is 4.83 Å². The van der Waals surface area contributed by atoms with Crippen LogP contribution in [0.2, 0.25) is 0 Å². The number of amides is 1. The van der Waals surface area contributed by atoms with Gasteiger partial charge in [0.2, 0.25) is 5.91 Å². The van der Waals surface area contributed by atoms with Crippen molar-refractivity contribution >= 4 is 44.9 Å². The zero-order valence-electron chi connectivity index (χ0n) is 13.3. The second-order valence-corrected chi connectivity index (χ2v) is 7.53. The molecule has 10 heteroatoms. The number of hydrogen-bond donors (Lipinski definition) is 2. The second kappa shape index (κ2) is 7.12. The van der Waals surface area contributed by atoms with Gasteiger partial charge in [0.05, 0.1) is 22.4 Å². The van der Waals surface area contributed by atoms with E-state index in [2.05, 4.69) is 15.3 Å². The van der Waals surface area contributed by atoms with Gasteiger partial charge in [-0.15, -0.1) is 11.3 Å². The number of fused-ring (bicyclic) bond motifs is 1. The summed E-state index contributed by atoms with van der Waals surface area (Å²) in [5.74, 6) is -0.817. The van der Waals surface area contributed by atoms with E-state index in [0.29, 0.717) is 10.2 Å². The summed E-state index contributed by atoms with van der Waals surface area (Å²) < 4.78 is 38.8. The van der Waals surface area contributed by atoms with Crippen LogP contribution in [0.3, 0.4) is 0 Å². The second-order valence-electron chi connectivity index (χ2n) is 5.33. The molecule has 0 fully saturated rings. The Hall–Kier alpha value is -2.33. The smallest absolute Gasteiger partial charge is 0.325 e. The van der Waals surface area contributed by atoms with Gasteiger partial charge in [-0.05, 0) is 25.1 Å². The third-order valence-electron chi connectivity index (χ3n) is 3.35. The van der Waals surface area contributed by atoms with Crippen LogP contribution < -0.4 is 10.9 Å². The molecule has 2 aromatic heterocycles. The van der Waals surface area contributed by atoms with Gasteiger partial charge in [0, 0.05) is 4.88 Å². The Kier molecular flexibility index (Phi) is 5.05. The van der Waals surface area contributed by atoms with Gasteiger partial charge < -0.3 is 10.3 Å². The Morgan fingerprint density at radius 3 is 2.81 bits per heavy atom. The summed E-state index contributed by atoms with van der Waals surface area (Å²) in [4.78, 5) is 32.3. The lowest BCUT2D eigenvalue weighted by Crippen LogP contribution is -2.18. The van der Waals surface area contributed by atoms with E-state index < -0.39 is 17.6 Å². The number of aryl methyl sites for hydroxylation is 1. The van der Waals surface area contributed by atoms with E-state index in [9.17, 15) is 22.8 Å². The van der Waals surface area contributed by atoms with E-state index >= 15 is 0 Å². The average Bonchev–Trinajstić information content (AvgIpc) is 2.93. The molecule has 0 aliphatic carbocycles. The molecule has 0 spiro atoms. The van der Waals surface area contributed by atoms with Crippen LogP contribution in [0, 0.1) is 6.92 Å². The highest BCUT2D eigenvalue weighted by Crippen LogP contribution is 2.34. The molecular formula is C16H12F3N3O2S2. The SMILES string of the molecule is Cc1cc2c(=O)[nH]c(SCC(=O)Nc3ccccc3C(F)(F)F)nc2s1. The number of nitrogens with zero attached hydrogens (tertiary/aromatic N) is 1. The fraction of sp³-hybridized carbons (Fsp3) is 0.188. The number of thiophene rings is 1. The fourth-order valence-corrected chi connectivity index (χ4v) is 3.86. The van der Waals surface area contributed by atoms with Crippen LogP contribution in [0.25, 0.3) is 10.2 Å². The highest BCUT2D eigenvalue weighted by molar-refractivity contribution is 7.99. The molecule has 0 unspecified atom stereocenters. The molecule has 0 bridgehead atoms. The molecule has 3 aromatic rings. The van der Waals surface area contributed by atoms with Crippen molar-refractivity contribution in [2.24, 2.45) is 0 Å². The summed E-state index contributed by atoms with van der Waals surface area (Å²) in [7, 11) is 0. The molecule has 5 nitrogen and oxygen atoms in total. The van der Waals surface area contributed by atoms with Crippen LogP contribution >= 0.6 is 23.1 Å². The highest BCUT2D eigenvalue weighted by atomic mass is 32.2. The van der Waals surface area contributed by atoms with Crippen LogP contribution in [0.4, 0.5) is 18.9 Å². The zero-order valence-corrected chi connectivity index (χ0v) is 14.9. The van der Waals surface area contributed by atoms with Crippen LogP contribution in [0.1, 0.15) is 10.4 Å². The number of para-hydroxylation sites is 1. The van der Waals surface area contributed by atoms with E-state index in [1.807, 2.05) is 6.92 Å². The number of anilines is 1. The number of halogens is 3. The molecule has 0 aliphatic rings. The number of alkyl halides is 3. The van der Waals surface area contributed by atoms with Crippen molar-refractivity contribution in [2.75, 3.05) is 11.1 Å². The summed E-state index contributed by atoms with van der Waals surface area (Å²) in [6.45, 7) is 1.85. The maximum atomic E-state index is 12.9. The van der Waals surface area contributed by atoms with Gasteiger partial charge >= 0.3 is 6.18 Å². The largest absolute Gasteiger partial charge is 0.418 e. The maximum absolute atomic E-state index is 12.9. The minimum Gasteiger partial charge on any atom is -0.325 e. The van der Waals surface area contributed by atoms with Crippen molar-refractivity contribution in [3.63, 3.8) is 0 Å². The molecule has 26 heavy (non-hydrogen) atoms. The summed E-state index contributed by atoms with van der Waals surface area (Å²) in [6, 6.07) is 6.46. The molecule has 2 heterocycles. The van der Waals surface area contributed by atoms with Crippen LogP contribution in [0.5, 0.6) is 0 Å². The lowest BCUT2D eigenvalue weighted by Gasteiger charge is -2.13. The number of thioether (sulfide) groups is 1. The molecule has 0 aliphatic heterocycles.